The Morgan fingerprint density at radius 2 is 2.04 bits per heavy atom. The number of para-hydroxylation sites is 1. The van der Waals surface area contributed by atoms with Crippen LogP contribution < -0.4 is 10.1 Å². The van der Waals surface area contributed by atoms with Crippen molar-refractivity contribution in [2.45, 2.75) is 6.04 Å². The van der Waals surface area contributed by atoms with Gasteiger partial charge >= 0.3 is 0 Å². The average Bonchev–Trinajstić information content (AvgIpc) is 3.32. The Balaban J connectivity index is 1.70. The summed E-state index contributed by atoms with van der Waals surface area (Å²) in [7, 11) is 3.53. The molecule has 4 rings (SSSR count). The van der Waals surface area contributed by atoms with Crippen molar-refractivity contribution in [3.05, 3.63) is 84.1 Å². The minimum atomic E-state index is -0.404. The van der Waals surface area contributed by atoms with Gasteiger partial charge in [0.05, 0.1) is 7.11 Å². The monoisotopic (exact) mass is 360 g/mol. The van der Waals surface area contributed by atoms with Crippen LogP contribution in [0, 0.1) is 0 Å². The Morgan fingerprint density at radius 3 is 2.78 bits per heavy atom. The Labute approximate surface area is 156 Å². The zero-order chi connectivity index (χ0) is 18.8. The lowest BCUT2D eigenvalue weighted by molar-refractivity contribution is 0.0937. The van der Waals surface area contributed by atoms with Gasteiger partial charge in [0.1, 0.15) is 23.3 Å². The van der Waals surface area contributed by atoms with E-state index in [0.29, 0.717) is 5.69 Å². The summed E-state index contributed by atoms with van der Waals surface area (Å²) < 4.78 is 7.23. The molecule has 1 unspecified atom stereocenters. The number of carbonyl (C=O) groups excluding carboxylic acids is 1. The minimum Gasteiger partial charge on any atom is -0.497 e. The molecule has 6 nitrogen and oxygen atoms in total. The van der Waals surface area contributed by atoms with Crippen molar-refractivity contribution in [1.29, 1.82) is 0 Å². The number of imidazole rings is 1. The highest BCUT2D eigenvalue weighted by Crippen LogP contribution is 2.25. The average molecular weight is 360 g/mol. The summed E-state index contributed by atoms with van der Waals surface area (Å²) in [5, 5.41) is 4.09. The number of nitrogens with one attached hydrogen (secondary N) is 2. The van der Waals surface area contributed by atoms with Gasteiger partial charge < -0.3 is 19.6 Å². The second-order valence-electron chi connectivity index (χ2n) is 6.35. The van der Waals surface area contributed by atoms with Crippen molar-refractivity contribution in [2.75, 3.05) is 7.11 Å². The SMILES string of the molecule is COc1cccc(C(NC(=O)c2cc3ccccc3[nH]2)c2nccn2C)c1. The number of H-pyrrole nitrogens is 1. The van der Waals surface area contributed by atoms with E-state index in [-0.39, 0.29) is 5.91 Å². The normalized spacial score (nSPS) is 12.1. The van der Waals surface area contributed by atoms with Crippen molar-refractivity contribution in [3.63, 3.8) is 0 Å². The number of benzene rings is 2. The molecule has 4 aromatic rings. The van der Waals surface area contributed by atoms with Crippen molar-refractivity contribution >= 4 is 16.8 Å². The number of ether oxygens (including phenoxy) is 1. The van der Waals surface area contributed by atoms with E-state index in [1.165, 1.54) is 0 Å². The number of methoxy groups -OCH3 is 1. The van der Waals surface area contributed by atoms with E-state index < -0.39 is 6.04 Å². The first-order chi connectivity index (χ1) is 13.2. The third kappa shape index (κ3) is 3.29. The number of aromatic amines is 1. The van der Waals surface area contributed by atoms with Crippen LogP contribution in [0.4, 0.5) is 0 Å². The highest BCUT2D eigenvalue weighted by molar-refractivity contribution is 5.98. The molecule has 2 aromatic carbocycles. The fourth-order valence-electron chi connectivity index (χ4n) is 3.18. The Hall–Kier alpha value is -3.54. The molecule has 136 valence electrons. The molecule has 1 atom stereocenters. The second-order valence-corrected chi connectivity index (χ2v) is 6.35. The first-order valence-electron chi connectivity index (χ1n) is 8.65. The topological polar surface area (TPSA) is 71.9 Å². The van der Waals surface area contributed by atoms with Crippen LogP contribution in [0.15, 0.2) is 67.0 Å². The second kappa shape index (κ2) is 6.99. The number of fused-ring (bicyclic) bond motifs is 1. The zero-order valence-electron chi connectivity index (χ0n) is 15.1. The number of hydrogen-bond acceptors (Lipinski definition) is 3. The predicted molar refractivity (Wildman–Crippen MR) is 104 cm³/mol. The molecule has 2 heterocycles. The van der Waals surface area contributed by atoms with Crippen molar-refractivity contribution in [3.8, 4) is 5.75 Å². The Kier molecular flexibility index (Phi) is 4.38. The van der Waals surface area contributed by atoms with Gasteiger partial charge in [-0.25, -0.2) is 4.98 Å². The number of amides is 1. The van der Waals surface area contributed by atoms with Gasteiger partial charge in [0.2, 0.25) is 0 Å². The Bertz CT molecular complexity index is 1060. The van der Waals surface area contributed by atoms with Crippen LogP contribution in [0.25, 0.3) is 10.9 Å². The molecule has 0 fully saturated rings. The van der Waals surface area contributed by atoms with Gasteiger partial charge in [0.15, 0.2) is 0 Å². The van der Waals surface area contributed by atoms with Gasteiger partial charge in [-0.05, 0) is 29.8 Å². The Morgan fingerprint density at radius 1 is 1.19 bits per heavy atom. The maximum absolute atomic E-state index is 12.9. The number of nitrogens with zero attached hydrogens (tertiary/aromatic N) is 2. The molecule has 2 aromatic heterocycles. The number of hydrogen-bond donors (Lipinski definition) is 2. The highest BCUT2D eigenvalue weighted by atomic mass is 16.5. The molecule has 27 heavy (non-hydrogen) atoms. The van der Waals surface area contributed by atoms with E-state index in [1.54, 1.807) is 13.3 Å². The summed E-state index contributed by atoms with van der Waals surface area (Å²) in [5.41, 5.74) is 2.34. The molecule has 0 aliphatic carbocycles. The largest absolute Gasteiger partial charge is 0.497 e. The number of aromatic nitrogens is 3. The van der Waals surface area contributed by atoms with Crippen LogP contribution >= 0.6 is 0 Å². The van der Waals surface area contributed by atoms with Gasteiger partial charge in [-0.2, -0.15) is 0 Å². The van der Waals surface area contributed by atoms with Gasteiger partial charge in [0, 0.05) is 30.3 Å². The molecule has 0 saturated carbocycles. The van der Waals surface area contributed by atoms with Gasteiger partial charge in [-0.3, -0.25) is 4.79 Å². The van der Waals surface area contributed by atoms with Crippen LogP contribution in [0.5, 0.6) is 5.75 Å². The van der Waals surface area contributed by atoms with Gasteiger partial charge in [0.25, 0.3) is 5.91 Å². The van der Waals surface area contributed by atoms with Crippen LogP contribution in [0.3, 0.4) is 0 Å². The molecule has 1 amide bonds. The van der Waals surface area contributed by atoms with E-state index in [9.17, 15) is 4.79 Å². The van der Waals surface area contributed by atoms with E-state index in [2.05, 4.69) is 15.3 Å². The third-order valence-corrected chi connectivity index (χ3v) is 4.59. The number of rotatable bonds is 5. The lowest BCUT2D eigenvalue weighted by Gasteiger charge is -2.19. The molecule has 0 saturated heterocycles. The lowest BCUT2D eigenvalue weighted by Crippen LogP contribution is -2.31. The van der Waals surface area contributed by atoms with Crippen molar-refractivity contribution in [1.82, 2.24) is 19.9 Å². The molecule has 6 heteroatoms. The summed E-state index contributed by atoms with van der Waals surface area (Å²) in [6.45, 7) is 0. The van der Waals surface area contributed by atoms with Crippen molar-refractivity contribution in [2.24, 2.45) is 7.05 Å². The summed E-state index contributed by atoms with van der Waals surface area (Å²) in [6.07, 6.45) is 3.58. The molecule has 0 bridgehead atoms. The van der Waals surface area contributed by atoms with Gasteiger partial charge in [-0.1, -0.05) is 30.3 Å². The van der Waals surface area contributed by atoms with E-state index in [4.69, 9.17) is 4.74 Å². The number of carbonyl (C=O) groups is 1. The molecule has 0 aliphatic heterocycles. The molecule has 0 spiro atoms. The smallest absolute Gasteiger partial charge is 0.268 e. The molecule has 0 radical (unpaired) electrons. The molecular formula is C21H20N4O2. The molecule has 0 aliphatic rings. The van der Waals surface area contributed by atoms with Crippen LogP contribution in [0.2, 0.25) is 0 Å². The summed E-state index contributed by atoms with van der Waals surface area (Å²) in [4.78, 5) is 20.6. The molecule has 2 N–H and O–H groups in total. The summed E-state index contributed by atoms with van der Waals surface area (Å²) in [5.74, 6) is 1.28. The van der Waals surface area contributed by atoms with E-state index >= 15 is 0 Å². The standard InChI is InChI=1S/C21H20N4O2/c1-25-11-10-22-20(25)19(15-7-5-8-16(12-15)27-2)24-21(26)18-13-14-6-3-4-9-17(14)23-18/h3-13,19,23H,1-2H3,(H,24,26). The van der Waals surface area contributed by atoms with E-state index in [0.717, 1.165) is 28.0 Å². The maximum atomic E-state index is 12.9. The highest BCUT2D eigenvalue weighted by Gasteiger charge is 2.22. The first-order valence-corrected chi connectivity index (χ1v) is 8.65. The third-order valence-electron chi connectivity index (χ3n) is 4.59. The quantitative estimate of drug-likeness (QED) is 0.573. The molecular weight excluding hydrogens is 340 g/mol. The lowest BCUT2D eigenvalue weighted by atomic mass is 10.1. The summed E-state index contributed by atoms with van der Waals surface area (Å²) in [6, 6.07) is 16.9. The number of aryl methyl sites for hydroxylation is 1. The predicted octanol–water partition coefficient (Wildman–Crippen LogP) is 3.43. The first kappa shape index (κ1) is 16.9. The van der Waals surface area contributed by atoms with Crippen LogP contribution in [-0.4, -0.2) is 27.6 Å². The van der Waals surface area contributed by atoms with E-state index in [1.807, 2.05) is 72.4 Å². The van der Waals surface area contributed by atoms with Crippen molar-refractivity contribution < 1.29 is 9.53 Å². The van der Waals surface area contributed by atoms with Gasteiger partial charge in [-0.15, -0.1) is 0 Å². The summed E-state index contributed by atoms with van der Waals surface area (Å²) >= 11 is 0. The minimum absolute atomic E-state index is 0.193. The maximum Gasteiger partial charge on any atom is 0.268 e. The fraction of sp³-hybridized carbons (Fsp3) is 0.143. The zero-order valence-corrected chi connectivity index (χ0v) is 15.1. The van der Waals surface area contributed by atoms with Crippen LogP contribution in [0.1, 0.15) is 27.9 Å². The van der Waals surface area contributed by atoms with Crippen LogP contribution in [-0.2, 0) is 7.05 Å². The fourth-order valence-corrected chi connectivity index (χ4v) is 3.18.